The van der Waals surface area contributed by atoms with E-state index in [4.69, 9.17) is 27.8 Å². The summed E-state index contributed by atoms with van der Waals surface area (Å²) >= 11 is 6.04. The van der Waals surface area contributed by atoms with Gasteiger partial charge in [-0.3, -0.25) is 9.59 Å². The van der Waals surface area contributed by atoms with E-state index in [9.17, 15) is 14.4 Å². The molecule has 1 aliphatic heterocycles. The van der Waals surface area contributed by atoms with Crippen molar-refractivity contribution in [3.63, 3.8) is 0 Å². The second-order valence-corrected chi connectivity index (χ2v) is 5.11. The molecule has 0 bridgehead atoms. The fraction of sp³-hybridized carbons (Fsp3) is 0.308. The first-order chi connectivity index (χ1) is 10.4. The number of urea groups is 1. The van der Waals surface area contributed by atoms with Gasteiger partial charge in [-0.05, 0) is 6.07 Å². The predicted molar refractivity (Wildman–Crippen MR) is 78.1 cm³/mol. The Morgan fingerprint density at radius 1 is 1.27 bits per heavy atom. The molecule has 1 aromatic carbocycles. The maximum Gasteiger partial charge on any atom is 0.316 e. The number of nitrogens with two attached hydrogens (primary N) is 2. The number of amides is 4. The van der Waals surface area contributed by atoms with Crippen LogP contribution < -0.4 is 26.8 Å². The number of nitrogens with one attached hydrogen (secondary N) is 2. The van der Waals surface area contributed by atoms with Crippen LogP contribution in [0.5, 0.6) is 5.75 Å². The summed E-state index contributed by atoms with van der Waals surface area (Å²) in [5.74, 6) is -1.56. The smallest absolute Gasteiger partial charge is 0.316 e. The average Bonchev–Trinajstić information content (AvgIpc) is 2.45. The van der Waals surface area contributed by atoms with Crippen LogP contribution in [-0.2, 0) is 9.59 Å². The van der Waals surface area contributed by atoms with Gasteiger partial charge in [0.15, 0.2) is 6.04 Å². The van der Waals surface area contributed by atoms with Crippen LogP contribution in [0.25, 0.3) is 0 Å². The second-order valence-electron chi connectivity index (χ2n) is 4.70. The Bertz CT molecular complexity index is 608. The summed E-state index contributed by atoms with van der Waals surface area (Å²) < 4.78 is 5.47. The maximum atomic E-state index is 11.9. The fourth-order valence-electron chi connectivity index (χ4n) is 2.15. The van der Waals surface area contributed by atoms with Crippen LogP contribution in [0.2, 0.25) is 5.02 Å². The lowest BCUT2D eigenvalue weighted by molar-refractivity contribution is -0.128. The third-order valence-corrected chi connectivity index (χ3v) is 3.47. The summed E-state index contributed by atoms with van der Waals surface area (Å²) in [5.41, 5.74) is 10.7. The molecule has 6 N–H and O–H groups in total. The van der Waals surface area contributed by atoms with Crippen molar-refractivity contribution < 1.29 is 19.1 Å². The van der Waals surface area contributed by atoms with Crippen molar-refractivity contribution in [2.45, 2.75) is 18.5 Å². The summed E-state index contributed by atoms with van der Waals surface area (Å²) in [6.07, 6.45) is 0.512. The van der Waals surface area contributed by atoms with Crippen LogP contribution in [0.1, 0.15) is 18.0 Å². The molecule has 118 valence electrons. The lowest BCUT2D eigenvalue weighted by Crippen LogP contribution is -2.55. The van der Waals surface area contributed by atoms with Gasteiger partial charge in [-0.25, -0.2) is 4.79 Å². The van der Waals surface area contributed by atoms with Gasteiger partial charge >= 0.3 is 6.03 Å². The summed E-state index contributed by atoms with van der Waals surface area (Å²) in [4.78, 5) is 34.0. The molecular weight excluding hydrogens is 312 g/mol. The Balaban J connectivity index is 2.09. The molecular formula is C13H15ClN4O4. The molecule has 2 rings (SSSR count). The second kappa shape index (κ2) is 6.52. The first-order valence-electron chi connectivity index (χ1n) is 6.47. The number of primary amides is 2. The van der Waals surface area contributed by atoms with Crippen molar-refractivity contribution in [2.75, 3.05) is 6.61 Å². The van der Waals surface area contributed by atoms with Crippen LogP contribution in [0.4, 0.5) is 4.79 Å². The van der Waals surface area contributed by atoms with E-state index in [1.165, 1.54) is 0 Å². The van der Waals surface area contributed by atoms with Gasteiger partial charge < -0.3 is 26.8 Å². The summed E-state index contributed by atoms with van der Waals surface area (Å²) in [7, 11) is 0. The van der Waals surface area contributed by atoms with Crippen molar-refractivity contribution in [1.82, 2.24) is 10.6 Å². The van der Waals surface area contributed by atoms with Gasteiger partial charge in [-0.15, -0.1) is 0 Å². The SMILES string of the molecule is NC(=O)C(NC(=O)N[C@@H]1CCOc2c(Cl)cccc21)C(N)=O. The van der Waals surface area contributed by atoms with Gasteiger partial charge in [0.2, 0.25) is 11.8 Å². The number of para-hydroxylation sites is 1. The van der Waals surface area contributed by atoms with Gasteiger partial charge in [0.05, 0.1) is 17.7 Å². The minimum absolute atomic E-state index is 0.371. The molecule has 22 heavy (non-hydrogen) atoms. The molecule has 0 fully saturated rings. The molecule has 0 saturated heterocycles. The fourth-order valence-corrected chi connectivity index (χ4v) is 2.39. The number of fused-ring (bicyclic) bond motifs is 1. The Kier molecular flexibility index (Phi) is 4.71. The number of benzene rings is 1. The number of hydrogen-bond acceptors (Lipinski definition) is 4. The van der Waals surface area contributed by atoms with Gasteiger partial charge in [-0.2, -0.15) is 0 Å². The van der Waals surface area contributed by atoms with Crippen molar-refractivity contribution in [2.24, 2.45) is 11.5 Å². The average molecular weight is 327 g/mol. The number of ether oxygens (including phenoxy) is 1. The van der Waals surface area contributed by atoms with Gasteiger partial charge in [0, 0.05) is 12.0 Å². The third kappa shape index (κ3) is 3.40. The number of hydrogen-bond donors (Lipinski definition) is 4. The van der Waals surface area contributed by atoms with E-state index in [2.05, 4.69) is 10.6 Å². The highest BCUT2D eigenvalue weighted by Gasteiger charge is 2.28. The minimum atomic E-state index is -1.57. The lowest BCUT2D eigenvalue weighted by Gasteiger charge is -2.27. The molecule has 0 spiro atoms. The van der Waals surface area contributed by atoms with Crippen LogP contribution in [0.15, 0.2) is 18.2 Å². The van der Waals surface area contributed by atoms with Crippen molar-refractivity contribution in [3.05, 3.63) is 28.8 Å². The maximum absolute atomic E-state index is 11.9. The molecule has 0 saturated carbocycles. The highest BCUT2D eigenvalue weighted by atomic mass is 35.5. The number of carbonyl (C=O) groups is 3. The first kappa shape index (κ1) is 15.9. The zero-order chi connectivity index (χ0) is 16.3. The molecule has 9 heteroatoms. The third-order valence-electron chi connectivity index (χ3n) is 3.18. The van der Waals surface area contributed by atoms with E-state index in [0.29, 0.717) is 29.4 Å². The lowest BCUT2D eigenvalue weighted by atomic mass is 10.0. The van der Waals surface area contributed by atoms with Gasteiger partial charge in [0.25, 0.3) is 0 Å². The normalized spacial score (nSPS) is 16.4. The molecule has 0 radical (unpaired) electrons. The summed E-state index contributed by atoms with van der Waals surface area (Å²) in [6, 6.07) is 2.50. The molecule has 1 aromatic rings. The van der Waals surface area contributed by atoms with Crippen molar-refractivity contribution in [3.8, 4) is 5.75 Å². The Labute approximate surface area is 131 Å². The number of halogens is 1. The predicted octanol–water partition coefficient (Wildman–Crippen LogP) is -0.198. The highest BCUT2D eigenvalue weighted by molar-refractivity contribution is 6.32. The van der Waals surface area contributed by atoms with Crippen LogP contribution >= 0.6 is 11.6 Å². The summed E-state index contributed by atoms with van der Waals surface area (Å²) in [5, 5.41) is 5.22. The zero-order valence-electron chi connectivity index (χ0n) is 11.5. The molecule has 0 unspecified atom stereocenters. The Hall–Kier alpha value is -2.48. The topological polar surface area (TPSA) is 137 Å². The van der Waals surface area contributed by atoms with Gasteiger partial charge in [-0.1, -0.05) is 23.7 Å². The zero-order valence-corrected chi connectivity index (χ0v) is 12.2. The van der Waals surface area contributed by atoms with E-state index in [0.717, 1.165) is 0 Å². The molecule has 4 amide bonds. The van der Waals surface area contributed by atoms with Crippen LogP contribution in [-0.4, -0.2) is 30.5 Å². The number of carbonyl (C=O) groups excluding carboxylic acids is 3. The highest BCUT2D eigenvalue weighted by Crippen LogP contribution is 2.37. The molecule has 0 aliphatic carbocycles. The molecule has 1 atom stereocenters. The van der Waals surface area contributed by atoms with Crippen LogP contribution in [0, 0.1) is 0 Å². The molecule has 0 aromatic heterocycles. The monoisotopic (exact) mass is 326 g/mol. The van der Waals surface area contributed by atoms with E-state index in [-0.39, 0.29) is 6.04 Å². The largest absolute Gasteiger partial charge is 0.492 e. The molecule has 1 heterocycles. The Morgan fingerprint density at radius 3 is 2.59 bits per heavy atom. The Morgan fingerprint density at radius 2 is 1.95 bits per heavy atom. The minimum Gasteiger partial charge on any atom is -0.492 e. The van der Waals surface area contributed by atoms with Crippen LogP contribution in [0.3, 0.4) is 0 Å². The van der Waals surface area contributed by atoms with E-state index in [1.807, 2.05) is 0 Å². The number of rotatable bonds is 4. The van der Waals surface area contributed by atoms with E-state index < -0.39 is 23.9 Å². The summed E-state index contributed by atoms with van der Waals surface area (Å²) in [6.45, 7) is 0.372. The molecule has 1 aliphatic rings. The van der Waals surface area contributed by atoms with E-state index in [1.54, 1.807) is 18.2 Å². The quantitative estimate of drug-likeness (QED) is 0.569. The van der Waals surface area contributed by atoms with Crippen molar-refractivity contribution >= 4 is 29.4 Å². The first-order valence-corrected chi connectivity index (χ1v) is 6.85. The van der Waals surface area contributed by atoms with Crippen molar-refractivity contribution in [1.29, 1.82) is 0 Å². The van der Waals surface area contributed by atoms with E-state index >= 15 is 0 Å². The molecule has 8 nitrogen and oxygen atoms in total. The standard InChI is InChI=1S/C13H15ClN4O4/c14-7-3-1-2-6-8(4-5-22-10(6)7)17-13(21)18-9(11(15)19)12(16)20/h1-3,8-9H,4-5H2,(H2,15,19)(H2,16,20)(H2,17,18,21)/t8-/m1/s1. The van der Waals surface area contributed by atoms with Gasteiger partial charge in [0.1, 0.15) is 5.75 Å².